The molecule has 0 nitrogen and oxygen atoms in total. The van der Waals surface area contributed by atoms with Crippen molar-refractivity contribution in [3.05, 3.63) is 0 Å². The van der Waals surface area contributed by atoms with Gasteiger partial charge in [0, 0.05) is 5.25 Å². The second-order valence-corrected chi connectivity index (χ2v) is 5.47. The second-order valence-electron chi connectivity index (χ2n) is 4.12. The van der Waals surface area contributed by atoms with Crippen LogP contribution in [0.5, 0.6) is 0 Å². The van der Waals surface area contributed by atoms with Crippen LogP contribution in [-0.4, -0.2) is 11.0 Å². The maximum atomic E-state index is 2.46. The van der Waals surface area contributed by atoms with E-state index in [2.05, 4.69) is 18.7 Å². The first kappa shape index (κ1) is 7.97. The van der Waals surface area contributed by atoms with Crippen LogP contribution in [0.15, 0.2) is 0 Å². The highest BCUT2D eigenvalue weighted by Crippen LogP contribution is 2.43. The molecule has 0 radical (unpaired) electrons. The molecule has 0 amide bonds. The van der Waals surface area contributed by atoms with Gasteiger partial charge in [-0.15, -0.1) is 0 Å². The molecule has 1 heterocycles. The molecule has 0 spiro atoms. The first-order chi connectivity index (χ1) is 5.38. The van der Waals surface area contributed by atoms with Crippen molar-refractivity contribution in [2.45, 2.75) is 44.3 Å². The molecule has 0 aromatic carbocycles. The highest BCUT2D eigenvalue weighted by atomic mass is 32.2. The highest BCUT2D eigenvalue weighted by molar-refractivity contribution is 7.99. The van der Waals surface area contributed by atoms with Crippen LogP contribution in [0.25, 0.3) is 0 Å². The van der Waals surface area contributed by atoms with Crippen LogP contribution in [0, 0.1) is 11.8 Å². The van der Waals surface area contributed by atoms with E-state index < -0.39 is 0 Å². The second kappa shape index (κ2) is 3.38. The first-order valence-corrected chi connectivity index (χ1v) is 6.04. The Morgan fingerprint density at radius 2 is 1.91 bits per heavy atom. The SMILES string of the molecule is C[C@@H]1CCS[C@H]2CCCC[C@H]12. The first-order valence-electron chi connectivity index (χ1n) is 4.99. The molecule has 1 heteroatoms. The summed E-state index contributed by atoms with van der Waals surface area (Å²) in [5.74, 6) is 3.55. The van der Waals surface area contributed by atoms with Crippen molar-refractivity contribution >= 4 is 11.8 Å². The Balaban J connectivity index is 1.99. The summed E-state index contributed by atoms with van der Waals surface area (Å²) in [4.78, 5) is 0. The van der Waals surface area contributed by atoms with E-state index in [9.17, 15) is 0 Å². The van der Waals surface area contributed by atoms with Crippen molar-refractivity contribution in [3.8, 4) is 0 Å². The van der Waals surface area contributed by atoms with E-state index >= 15 is 0 Å². The van der Waals surface area contributed by atoms with Crippen LogP contribution >= 0.6 is 11.8 Å². The Hall–Kier alpha value is 0.350. The number of fused-ring (bicyclic) bond motifs is 1. The normalized spacial score (nSPS) is 45.0. The van der Waals surface area contributed by atoms with Gasteiger partial charge in [0.1, 0.15) is 0 Å². The summed E-state index contributed by atoms with van der Waals surface area (Å²) in [6.07, 6.45) is 7.53. The monoisotopic (exact) mass is 170 g/mol. The van der Waals surface area contributed by atoms with Crippen molar-refractivity contribution in [3.63, 3.8) is 0 Å². The van der Waals surface area contributed by atoms with Gasteiger partial charge in [0.15, 0.2) is 0 Å². The van der Waals surface area contributed by atoms with Crippen LogP contribution in [0.4, 0.5) is 0 Å². The van der Waals surface area contributed by atoms with Crippen molar-refractivity contribution in [1.29, 1.82) is 0 Å². The molecule has 11 heavy (non-hydrogen) atoms. The fraction of sp³-hybridized carbons (Fsp3) is 1.00. The molecule has 2 fully saturated rings. The minimum atomic E-state index is 1.03. The summed E-state index contributed by atoms with van der Waals surface area (Å²) in [7, 11) is 0. The molecule has 0 N–H and O–H groups in total. The van der Waals surface area contributed by atoms with Crippen LogP contribution < -0.4 is 0 Å². The largest absolute Gasteiger partial charge is 0.158 e. The average Bonchev–Trinajstić information content (AvgIpc) is 2.06. The Morgan fingerprint density at radius 3 is 2.73 bits per heavy atom. The number of rotatable bonds is 0. The minimum Gasteiger partial charge on any atom is -0.158 e. The molecule has 2 rings (SSSR count). The third kappa shape index (κ3) is 1.58. The zero-order valence-electron chi connectivity index (χ0n) is 7.38. The van der Waals surface area contributed by atoms with Crippen molar-refractivity contribution in [2.75, 3.05) is 5.75 Å². The third-order valence-corrected chi connectivity index (χ3v) is 4.87. The van der Waals surface area contributed by atoms with Gasteiger partial charge in [0.05, 0.1) is 0 Å². The van der Waals surface area contributed by atoms with E-state index in [-0.39, 0.29) is 0 Å². The third-order valence-electron chi connectivity index (χ3n) is 3.39. The lowest BCUT2D eigenvalue weighted by atomic mass is 9.79. The molecule has 0 aromatic rings. The summed E-state index contributed by atoms with van der Waals surface area (Å²) in [5, 5.41) is 1.05. The molecule has 0 bridgehead atoms. The van der Waals surface area contributed by atoms with E-state index in [0.29, 0.717) is 0 Å². The molecule has 1 saturated carbocycles. The van der Waals surface area contributed by atoms with Crippen LogP contribution in [0.3, 0.4) is 0 Å². The van der Waals surface area contributed by atoms with Gasteiger partial charge in [-0.2, -0.15) is 11.8 Å². The summed E-state index contributed by atoms with van der Waals surface area (Å²) < 4.78 is 0. The van der Waals surface area contributed by atoms with Crippen LogP contribution in [0.2, 0.25) is 0 Å². The number of hydrogen-bond donors (Lipinski definition) is 0. The fourth-order valence-corrected chi connectivity index (χ4v) is 4.40. The maximum absolute atomic E-state index is 2.46. The molecule has 1 aliphatic carbocycles. The lowest BCUT2D eigenvalue weighted by molar-refractivity contribution is 0.259. The Morgan fingerprint density at radius 1 is 1.09 bits per heavy atom. The predicted molar refractivity (Wildman–Crippen MR) is 52.0 cm³/mol. The highest BCUT2D eigenvalue weighted by Gasteiger charge is 2.32. The fourth-order valence-electron chi connectivity index (χ4n) is 2.60. The van der Waals surface area contributed by atoms with Gasteiger partial charge in [-0.3, -0.25) is 0 Å². The predicted octanol–water partition coefficient (Wildman–Crippen LogP) is 3.32. The lowest BCUT2D eigenvalue weighted by Crippen LogP contribution is -2.31. The molecular formula is C10H18S. The zero-order chi connectivity index (χ0) is 7.68. The van der Waals surface area contributed by atoms with E-state index in [1.807, 2.05) is 0 Å². The maximum Gasteiger partial charge on any atom is 0.00778 e. The number of hydrogen-bond acceptors (Lipinski definition) is 1. The summed E-state index contributed by atoms with van der Waals surface area (Å²) in [6, 6.07) is 0. The Bertz CT molecular complexity index is 131. The molecule has 0 unspecified atom stereocenters. The van der Waals surface area contributed by atoms with Gasteiger partial charge < -0.3 is 0 Å². The topological polar surface area (TPSA) is 0 Å². The van der Waals surface area contributed by atoms with E-state index in [0.717, 1.165) is 17.1 Å². The lowest BCUT2D eigenvalue weighted by Gasteiger charge is -2.39. The molecule has 1 saturated heterocycles. The molecule has 0 aromatic heterocycles. The van der Waals surface area contributed by atoms with E-state index in [1.165, 1.54) is 37.9 Å². The smallest absolute Gasteiger partial charge is 0.00778 e. The van der Waals surface area contributed by atoms with Gasteiger partial charge in [-0.05, 0) is 36.9 Å². The molecule has 64 valence electrons. The van der Waals surface area contributed by atoms with Crippen LogP contribution in [-0.2, 0) is 0 Å². The standard InChI is InChI=1S/C10H18S/c1-8-6-7-11-10-5-3-2-4-9(8)10/h8-10H,2-7H2,1H3/t8-,9-,10+/m1/s1. The van der Waals surface area contributed by atoms with Crippen LogP contribution in [0.1, 0.15) is 39.0 Å². The summed E-state index contributed by atoms with van der Waals surface area (Å²) in [5.41, 5.74) is 0. The summed E-state index contributed by atoms with van der Waals surface area (Å²) in [6.45, 7) is 2.46. The summed E-state index contributed by atoms with van der Waals surface area (Å²) >= 11 is 2.25. The Labute approximate surface area is 74.1 Å². The molecule has 2 aliphatic rings. The molecular weight excluding hydrogens is 152 g/mol. The molecule has 3 atom stereocenters. The van der Waals surface area contributed by atoms with E-state index in [1.54, 1.807) is 0 Å². The molecule has 1 aliphatic heterocycles. The Kier molecular flexibility index (Phi) is 2.45. The van der Waals surface area contributed by atoms with Gasteiger partial charge in [-0.25, -0.2) is 0 Å². The zero-order valence-corrected chi connectivity index (χ0v) is 8.20. The minimum absolute atomic E-state index is 1.03. The van der Waals surface area contributed by atoms with Gasteiger partial charge in [0.25, 0.3) is 0 Å². The van der Waals surface area contributed by atoms with Crippen molar-refractivity contribution in [2.24, 2.45) is 11.8 Å². The van der Waals surface area contributed by atoms with Gasteiger partial charge >= 0.3 is 0 Å². The van der Waals surface area contributed by atoms with Crippen molar-refractivity contribution < 1.29 is 0 Å². The van der Waals surface area contributed by atoms with Crippen molar-refractivity contribution in [1.82, 2.24) is 0 Å². The van der Waals surface area contributed by atoms with Gasteiger partial charge in [0.2, 0.25) is 0 Å². The average molecular weight is 170 g/mol. The number of thioether (sulfide) groups is 1. The van der Waals surface area contributed by atoms with Gasteiger partial charge in [-0.1, -0.05) is 19.8 Å². The quantitative estimate of drug-likeness (QED) is 0.537. The van der Waals surface area contributed by atoms with E-state index in [4.69, 9.17) is 0 Å².